The van der Waals surface area contributed by atoms with Crippen LogP contribution < -0.4 is 0 Å². The molecule has 1 aromatic rings. The Morgan fingerprint density at radius 3 is 2.67 bits per heavy atom. The van der Waals surface area contributed by atoms with Gasteiger partial charge in [-0.25, -0.2) is 13.2 Å². The number of benzene rings is 1. The fourth-order valence-corrected chi connectivity index (χ4v) is 3.62. The number of carbonyl (C=O) groups excluding carboxylic acids is 1. The Kier molecular flexibility index (Phi) is 3.02. The van der Waals surface area contributed by atoms with Crippen LogP contribution in [0.2, 0.25) is 0 Å². The second-order valence-corrected chi connectivity index (χ2v) is 6.40. The number of rotatable bonds is 1. The van der Waals surface area contributed by atoms with Crippen LogP contribution in [0.25, 0.3) is 5.57 Å². The highest BCUT2D eigenvalue weighted by Crippen LogP contribution is 2.34. The predicted molar refractivity (Wildman–Crippen MR) is 68.2 cm³/mol. The summed E-state index contributed by atoms with van der Waals surface area (Å²) in [6.45, 7) is 5.63. The SMILES string of the molecule is C=C1CCS(=O)(=O)c2cc(C(=O)OC)c(C)cc21. The molecule has 1 heterocycles. The van der Waals surface area contributed by atoms with Gasteiger partial charge in [-0.05, 0) is 42.2 Å². The van der Waals surface area contributed by atoms with Gasteiger partial charge in [0.2, 0.25) is 0 Å². The first kappa shape index (κ1) is 12.8. The van der Waals surface area contributed by atoms with E-state index >= 15 is 0 Å². The first-order chi connectivity index (χ1) is 8.36. The summed E-state index contributed by atoms with van der Waals surface area (Å²) in [6.07, 6.45) is 0.437. The normalized spacial score (nSPS) is 17.1. The van der Waals surface area contributed by atoms with Crippen molar-refractivity contribution in [1.29, 1.82) is 0 Å². The standard InChI is InChI=1S/C13H14O4S/c1-8-4-5-18(15,16)12-7-11(13(14)17-3)9(2)6-10(8)12/h6-7H,1,4-5H2,2-3H3. The molecule has 4 nitrogen and oxygen atoms in total. The molecule has 1 aliphatic heterocycles. The zero-order chi connectivity index (χ0) is 13.5. The number of hydrogen-bond acceptors (Lipinski definition) is 4. The summed E-state index contributed by atoms with van der Waals surface area (Å²) in [5, 5.41) is 0. The number of hydrogen-bond donors (Lipinski definition) is 0. The molecular weight excluding hydrogens is 252 g/mol. The van der Waals surface area contributed by atoms with Gasteiger partial charge in [0.15, 0.2) is 9.84 Å². The van der Waals surface area contributed by atoms with E-state index in [1.165, 1.54) is 13.2 Å². The molecule has 5 heteroatoms. The van der Waals surface area contributed by atoms with E-state index in [0.717, 1.165) is 5.57 Å². The van der Waals surface area contributed by atoms with Gasteiger partial charge in [0.1, 0.15) is 0 Å². The van der Waals surface area contributed by atoms with E-state index in [-0.39, 0.29) is 16.2 Å². The lowest BCUT2D eigenvalue weighted by molar-refractivity contribution is 0.0599. The van der Waals surface area contributed by atoms with Gasteiger partial charge in [0.25, 0.3) is 0 Å². The van der Waals surface area contributed by atoms with E-state index in [2.05, 4.69) is 11.3 Å². The minimum absolute atomic E-state index is 0.0442. The molecule has 0 saturated heterocycles. The van der Waals surface area contributed by atoms with Gasteiger partial charge in [-0.3, -0.25) is 0 Å². The lowest BCUT2D eigenvalue weighted by Gasteiger charge is -2.20. The van der Waals surface area contributed by atoms with E-state index in [4.69, 9.17) is 0 Å². The Morgan fingerprint density at radius 2 is 2.06 bits per heavy atom. The van der Waals surface area contributed by atoms with Crippen molar-refractivity contribution in [2.24, 2.45) is 0 Å². The maximum atomic E-state index is 12.0. The predicted octanol–water partition coefficient (Wildman–Crippen LogP) is 1.97. The van der Waals surface area contributed by atoms with Crippen LogP contribution in [0.1, 0.15) is 27.9 Å². The van der Waals surface area contributed by atoms with Crippen molar-refractivity contribution in [1.82, 2.24) is 0 Å². The summed E-state index contributed by atoms with van der Waals surface area (Å²) < 4.78 is 28.6. The number of methoxy groups -OCH3 is 1. The van der Waals surface area contributed by atoms with Crippen molar-refractivity contribution >= 4 is 21.4 Å². The van der Waals surface area contributed by atoms with Crippen LogP contribution in [-0.2, 0) is 14.6 Å². The van der Waals surface area contributed by atoms with Gasteiger partial charge in [-0.1, -0.05) is 6.58 Å². The van der Waals surface area contributed by atoms with Gasteiger partial charge < -0.3 is 4.74 Å². The van der Waals surface area contributed by atoms with Crippen LogP contribution >= 0.6 is 0 Å². The third kappa shape index (κ3) is 1.95. The summed E-state index contributed by atoms with van der Waals surface area (Å²) in [6, 6.07) is 3.09. The minimum atomic E-state index is -3.32. The minimum Gasteiger partial charge on any atom is -0.465 e. The summed E-state index contributed by atoms with van der Waals surface area (Å²) in [5.74, 6) is -0.482. The molecule has 0 N–H and O–H groups in total. The number of fused-ring (bicyclic) bond motifs is 1. The van der Waals surface area contributed by atoms with Crippen LogP contribution in [0, 0.1) is 6.92 Å². The van der Waals surface area contributed by atoms with Crippen molar-refractivity contribution in [3.05, 3.63) is 35.4 Å². The van der Waals surface area contributed by atoms with E-state index in [0.29, 0.717) is 17.5 Å². The van der Waals surface area contributed by atoms with Gasteiger partial charge in [0.05, 0.1) is 23.3 Å². The van der Waals surface area contributed by atoms with Crippen molar-refractivity contribution in [2.75, 3.05) is 12.9 Å². The molecule has 0 unspecified atom stereocenters. The quantitative estimate of drug-likeness (QED) is 0.729. The molecule has 96 valence electrons. The molecule has 0 aromatic heterocycles. The van der Waals surface area contributed by atoms with E-state index in [1.807, 2.05) is 0 Å². The summed E-state index contributed by atoms with van der Waals surface area (Å²) in [4.78, 5) is 11.8. The van der Waals surface area contributed by atoms with Crippen molar-refractivity contribution < 1.29 is 17.9 Å². The van der Waals surface area contributed by atoms with Crippen molar-refractivity contribution in [3.63, 3.8) is 0 Å². The highest BCUT2D eigenvalue weighted by Gasteiger charge is 2.28. The number of aryl methyl sites for hydroxylation is 1. The number of allylic oxidation sites excluding steroid dienone is 1. The van der Waals surface area contributed by atoms with Gasteiger partial charge in [-0.15, -0.1) is 0 Å². The number of sulfone groups is 1. The largest absolute Gasteiger partial charge is 0.465 e. The third-order valence-electron chi connectivity index (χ3n) is 3.12. The molecule has 18 heavy (non-hydrogen) atoms. The van der Waals surface area contributed by atoms with Crippen molar-refractivity contribution in [3.8, 4) is 0 Å². The smallest absolute Gasteiger partial charge is 0.338 e. The Balaban J connectivity index is 2.73. The summed E-state index contributed by atoms with van der Waals surface area (Å²) in [7, 11) is -2.05. The molecule has 1 aromatic carbocycles. The molecule has 0 radical (unpaired) electrons. The molecule has 0 fully saturated rings. The summed E-state index contributed by atoms with van der Waals surface area (Å²) >= 11 is 0. The number of ether oxygens (including phenoxy) is 1. The fourth-order valence-electron chi connectivity index (χ4n) is 2.05. The zero-order valence-electron chi connectivity index (χ0n) is 10.3. The average Bonchev–Trinajstić information content (AvgIpc) is 2.33. The Labute approximate surface area is 106 Å². The lowest BCUT2D eigenvalue weighted by atomic mass is 9.99. The monoisotopic (exact) mass is 266 g/mol. The Hall–Kier alpha value is -1.62. The van der Waals surface area contributed by atoms with Crippen LogP contribution in [0.4, 0.5) is 0 Å². The van der Waals surface area contributed by atoms with Crippen molar-refractivity contribution in [2.45, 2.75) is 18.2 Å². The molecule has 0 saturated carbocycles. The van der Waals surface area contributed by atoms with E-state index in [9.17, 15) is 13.2 Å². The second kappa shape index (κ2) is 4.24. The van der Waals surface area contributed by atoms with E-state index in [1.54, 1.807) is 13.0 Å². The summed E-state index contributed by atoms with van der Waals surface area (Å²) in [5.41, 5.74) is 2.39. The maximum Gasteiger partial charge on any atom is 0.338 e. The molecule has 0 aliphatic carbocycles. The molecule has 0 spiro atoms. The third-order valence-corrected chi connectivity index (χ3v) is 4.87. The second-order valence-electron chi connectivity index (χ2n) is 4.33. The molecule has 0 atom stereocenters. The van der Waals surface area contributed by atoms with Gasteiger partial charge >= 0.3 is 5.97 Å². The molecule has 2 rings (SSSR count). The first-order valence-corrected chi connectivity index (χ1v) is 7.16. The topological polar surface area (TPSA) is 60.4 Å². The highest BCUT2D eigenvalue weighted by molar-refractivity contribution is 7.91. The number of esters is 1. The van der Waals surface area contributed by atoms with Gasteiger partial charge in [-0.2, -0.15) is 0 Å². The molecule has 1 aliphatic rings. The van der Waals surface area contributed by atoms with Crippen LogP contribution in [0.15, 0.2) is 23.6 Å². The first-order valence-electron chi connectivity index (χ1n) is 5.50. The highest BCUT2D eigenvalue weighted by atomic mass is 32.2. The lowest BCUT2D eigenvalue weighted by Crippen LogP contribution is -2.17. The van der Waals surface area contributed by atoms with Crippen LogP contribution in [0.5, 0.6) is 0 Å². The molecular formula is C13H14O4S. The van der Waals surface area contributed by atoms with Crippen LogP contribution in [0.3, 0.4) is 0 Å². The van der Waals surface area contributed by atoms with E-state index < -0.39 is 15.8 Å². The zero-order valence-corrected chi connectivity index (χ0v) is 11.1. The fraction of sp³-hybridized carbons (Fsp3) is 0.308. The average molecular weight is 266 g/mol. The Morgan fingerprint density at radius 1 is 1.39 bits per heavy atom. The molecule has 0 bridgehead atoms. The van der Waals surface area contributed by atoms with Crippen LogP contribution in [-0.4, -0.2) is 27.2 Å². The number of carbonyl (C=O) groups is 1. The van der Waals surface area contributed by atoms with Gasteiger partial charge in [0, 0.05) is 0 Å². The maximum absolute atomic E-state index is 12.0. The Bertz CT molecular complexity index is 641. The molecule has 0 amide bonds.